The second-order valence-electron chi connectivity index (χ2n) is 5.26. The summed E-state index contributed by atoms with van der Waals surface area (Å²) in [7, 11) is 2.00. The van der Waals surface area contributed by atoms with Crippen LogP contribution in [-0.2, 0) is 19.9 Å². The molecule has 0 amide bonds. The highest BCUT2D eigenvalue weighted by atomic mass is 79.9. The van der Waals surface area contributed by atoms with Crippen molar-refractivity contribution in [2.75, 3.05) is 6.54 Å². The Balaban J connectivity index is 2.15. The number of hydrogen-bond acceptors (Lipinski definition) is 2. The van der Waals surface area contributed by atoms with Gasteiger partial charge in [0.1, 0.15) is 0 Å². The fourth-order valence-corrected chi connectivity index (χ4v) is 3.30. The number of nitrogens with one attached hydrogen (secondary N) is 1. The number of nitrogens with zero attached hydrogens (tertiary/aromatic N) is 2. The summed E-state index contributed by atoms with van der Waals surface area (Å²) in [6.45, 7) is 5.10. The molecule has 1 atom stereocenters. The normalized spacial score (nSPS) is 12.6. The molecule has 1 aromatic heterocycles. The number of aryl methyl sites for hydroxylation is 2. The highest BCUT2D eigenvalue weighted by Crippen LogP contribution is 2.22. The second-order valence-corrected chi connectivity index (χ2v) is 6.49. The second kappa shape index (κ2) is 7.43. The first kappa shape index (κ1) is 16.5. The Morgan fingerprint density at radius 2 is 2.14 bits per heavy atom. The summed E-state index contributed by atoms with van der Waals surface area (Å²) >= 11 is 9.72. The number of benzene rings is 1. The van der Waals surface area contributed by atoms with Crippen molar-refractivity contribution in [3.8, 4) is 0 Å². The van der Waals surface area contributed by atoms with Gasteiger partial charge >= 0.3 is 0 Å². The standard InChI is InChI=1S/C16H21BrClN3/c1-4-19-14(9-12-6-5-7-13(18)8-12)10-15-16(17)11(2)20-21(15)3/h5-8,14,19H,4,9-10H2,1-3H3. The van der Waals surface area contributed by atoms with E-state index < -0.39 is 0 Å². The molecule has 0 radical (unpaired) electrons. The molecule has 0 aliphatic rings. The van der Waals surface area contributed by atoms with Gasteiger partial charge in [0.25, 0.3) is 0 Å². The van der Waals surface area contributed by atoms with Gasteiger partial charge in [-0.25, -0.2) is 0 Å². The summed E-state index contributed by atoms with van der Waals surface area (Å²) in [6.07, 6.45) is 1.88. The smallest absolute Gasteiger partial charge is 0.0738 e. The first-order valence-corrected chi connectivity index (χ1v) is 8.34. The highest BCUT2D eigenvalue weighted by Gasteiger charge is 2.16. The van der Waals surface area contributed by atoms with Crippen molar-refractivity contribution in [1.29, 1.82) is 0 Å². The maximum atomic E-state index is 6.08. The summed E-state index contributed by atoms with van der Waals surface area (Å²) in [5, 5.41) is 8.82. The van der Waals surface area contributed by atoms with Crippen molar-refractivity contribution in [2.24, 2.45) is 7.05 Å². The van der Waals surface area contributed by atoms with Crippen LogP contribution in [0.2, 0.25) is 5.02 Å². The Labute approximate surface area is 139 Å². The molecule has 0 bridgehead atoms. The van der Waals surface area contributed by atoms with Crippen LogP contribution in [0.5, 0.6) is 0 Å². The van der Waals surface area contributed by atoms with Gasteiger partial charge in [0, 0.05) is 24.5 Å². The van der Waals surface area contributed by atoms with Gasteiger partial charge in [-0.05, 0) is 53.5 Å². The molecule has 3 nitrogen and oxygen atoms in total. The average molecular weight is 371 g/mol. The lowest BCUT2D eigenvalue weighted by Gasteiger charge is -2.18. The van der Waals surface area contributed by atoms with E-state index in [1.165, 1.54) is 11.3 Å². The van der Waals surface area contributed by atoms with E-state index in [4.69, 9.17) is 11.6 Å². The molecule has 2 aromatic rings. The molecule has 0 saturated heterocycles. The Hall–Kier alpha value is -0.840. The van der Waals surface area contributed by atoms with Crippen molar-refractivity contribution in [3.05, 3.63) is 50.7 Å². The lowest BCUT2D eigenvalue weighted by Crippen LogP contribution is -2.33. The topological polar surface area (TPSA) is 29.9 Å². The Bertz CT molecular complexity index is 610. The van der Waals surface area contributed by atoms with E-state index >= 15 is 0 Å². The molecule has 1 aromatic carbocycles. The molecule has 21 heavy (non-hydrogen) atoms. The van der Waals surface area contributed by atoms with E-state index in [2.05, 4.69) is 39.3 Å². The van der Waals surface area contributed by atoms with Crippen LogP contribution >= 0.6 is 27.5 Å². The molecule has 114 valence electrons. The number of halogens is 2. The monoisotopic (exact) mass is 369 g/mol. The molecule has 0 fully saturated rings. The maximum absolute atomic E-state index is 6.08. The van der Waals surface area contributed by atoms with Gasteiger partial charge in [-0.3, -0.25) is 4.68 Å². The molecule has 0 aliphatic carbocycles. The molecule has 2 rings (SSSR count). The van der Waals surface area contributed by atoms with Crippen LogP contribution < -0.4 is 5.32 Å². The van der Waals surface area contributed by atoms with Gasteiger partial charge in [0.2, 0.25) is 0 Å². The zero-order chi connectivity index (χ0) is 15.4. The summed E-state index contributed by atoms with van der Waals surface area (Å²) in [5.74, 6) is 0. The minimum atomic E-state index is 0.361. The fraction of sp³-hybridized carbons (Fsp3) is 0.438. The Morgan fingerprint density at radius 1 is 1.38 bits per heavy atom. The summed E-state index contributed by atoms with van der Waals surface area (Å²) < 4.78 is 3.07. The van der Waals surface area contributed by atoms with E-state index in [9.17, 15) is 0 Å². The zero-order valence-corrected chi connectivity index (χ0v) is 15.0. The lowest BCUT2D eigenvalue weighted by molar-refractivity contribution is 0.504. The third-order valence-corrected chi connectivity index (χ3v) is 4.83. The van der Waals surface area contributed by atoms with Crippen LogP contribution in [0.25, 0.3) is 0 Å². The van der Waals surface area contributed by atoms with E-state index in [1.54, 1.807) is 0 Å². The minimum Gasteiger partial charge on any atom is -0.314 e. The van der Waals surface area contributed by atoms with Gasteiger partial charge in [0.15, 0.2) is 0 Å². The Morgan fingerprint density at radius 3 is 2.71 bits per heavy atom. The van der Waals surface area contributed by atoms with Crippen molar-refractivity contribution >= 4 is 27.5 Å². The third kappa shape index (κ3) is 4.31. The summed E-state index contributed by atoms with van der Waals surface area (Å²) in [5.41, 5.74) is 3.51. The first-order chi connectivity index (χ1) is 10.0. The van der Waals surface area contributed by atoms with E-state index in [1.807, 2.05) is 36.9 Å². The van der Waals surface area contributed by atoms with Gasteiger partial charge in [0.05, 0.1) is 15.9 Å². The van der Waals surface area contributed by atoms with Crippen molar-refractivity contribution in [1.82, 2.24) is 15.1 Å². The third-order valence-electron chi connectivity index (χ3n) is 3.57. The Kier molecular flexibility index (Phi) is 5.85. The van der Waals surface area contributed by atoms with Crippen LogP contribution in [0.3, 0.4) is 0 Å². The van der Waals surface area contributed by atoms with Gasteiger partial charge < -0.3 is 5.32 Å². The highest BCUT2D eigenvalue weighted by molar-refractivity contribution is 9.10. The number of likely N-dealkylation sites (N-methyl/N-ethyl adjacent to an activating group) is 1. The van der Waals surface area contributed by atoms with Crippen LogP contribution in [0.15, 0.2) is 28.7 Å². The van der Waals surface area contributed by atoms with Crippen molar-refractivity contribution in [3.63, 3.8) is 0 Å². The quantitative estimate of drug-likeness (QED) is 0.835. The molecule has 0 aliphatic heterocycles. The molecule has 1 heterocycles. The van der Waals surface area contributed by atoms with Crippen LogP contribution in [0, 0.1) is 6.92 Å². The molecule has 1 unspecified atom stereocenters. The predicted molar refractivity (Wildman–Crippen MR) is 92.0 cm³/mol. The molecular formula is C16H21BrClN3. The fourth-order valence-electron chi connectivity index (χ4n) is 2.59. The van der Waals surface area contributed by atoms with E-state index in [0.717, 1.165) is 34.6 Å². The lowest BCUT2D eigenvalue weighted by atomic mass is 10.0. The maximum Gasteiger partial charge on any atom is 0.0738 e. The van der Waals surface area contributed by atoms with Gasteiger partial charge in [-0.2, -0.15) is 5.10 Å². The van der Waals surface area contributed by atoms with Gasteiger partial charge in [-0.15, -0.1) is 0 Å². The average Bonchev–Trinajstić information content (AvgIpc) is 2.66. The number of rotatable bonds is 6. The van der Waals surface area contributed by atoms with E-state index in [-0.39, 0.29) is 0 Å². The molecule has 5 heteroatoms. The molecule has 0 saturated carbocycles. The summed E-state index contributed by atoms with van der Waals surface area (Å²) in [4.78, 5) is 0. The van der Waals surface area contributed by atoms with Gasteiger partial charge in [-0.1, -0.05) is 30.7 Å². The summed E-state index contributed by atoms with van der Waals surface area (Å²) in [6, 6.07) is 8.44. The SMILES string of the molecule is CCNC(Cc1cccc(Cl)c1)Cc1c(Br)c(C)nn1C. The first-order valence-electron chi connectivity index (χ1n) is 7.17. The van der Waals surface area contributed by atoms with Crippen LogP contribution in [0.1, 0.15) is 23.9 Å². The molecule has 1 N–H and O–H groups in total. The largest absolute Gasteiger partial charge is 0.314 e. The zero-order valence-electron chi connectivity index (χ0n) is 12.7. The predicted octanol–water partition coefficient (Wildman–Crippen LogP) is 3.91. The minimum absolute atomic E-state index is 0.361. The van der Waals surface area contributed by atoms with E-state index in [0.29, 0.717) is 6.04 Å². The molecular weight excluding hydrogens is 350 g/mol. The number of hydrogen-bond donors (Lipinski definition) is 1. The number of aromatic nitrogens is 2. The van der Waals surface area contributed by atoms with Crippen molar-refractivity contribution in [2.45, 2.75) is 32.7 Å². The molecule has 0 spiro atoms. The van der Waals surface area contributed by atoms with Crippen LogP contribution in [0.4, 0.5) is 0 Å². The van der Waals surface area contributed by atoms with Crippen LogP contribution in [-0.4, -0.2) is 22.4 Å². The van der Waals surface area contributed by atoms with Crippen molar-refractivity contribution < 1.29 is 0 Å².